The van der Waals surface area contributed by atoms with Gasteiger partial charge < -0.3 is 10.2 Å². The van der Waals surface area contributed by atoms with Gasteiger partial charge in [0.2, 0.25) is 11.8 Å². The Labute approximate surface area is 178 Å². The molecule has 1 unspecified atom stereocenters. The minimum atomic E-state index is -0.0403. The molecule has 0 aromatic heterocycles. The number of amides is 2. The molecule has 2 amide bonds. The molecule has 3 aromatic rings. The first-order valence-electron chi connectivity index (χ1n) is 10.3. The molecule has 0 aliphatic carbocycles. The zero-order valence-electron chi connectivity index (χ0n) is 17.5. The van der Waals surface area contributed by atoms with Crippen LogP contribution in [0.2, 0.25) is 0 Å². The molecule has 0 aliphatic heterocycles. The molecule has 0 heterocycles. The molecule has 154 valence electrons. The summed E-state index contributed by atoms with van der Waals surface area (Å²) in [5.74, 6) is 0.0471. The van der Waals surface area contributed by atoms with Crippen molar-refractivity contribution in [2.75, 3.05) is 4.90 Å². The Morgan fingerprint density at radius 3 is 2.03 bits per heavy atom. The molecule has 3 rings (SSSR count). The van der Waals surface area contributed by atoms with Crippen LogP contribution in [0.15, 0.2) is 84.9 Å². The molecule has 3 aromatic carbocycles. The summed E-state index contributed by atoms with van der Waals surface area (Å²) >= 11 is 0. The number of anilines is 1. The van der Waals surface area contributed by atoms with Crippen LogP contribution in [-0.2, 0) is 22.6 Å². The van der Waals surface area contributed by atoms with Gasteiger partial charge in [-0.3, -0.25) is 9.59 Å². The van der Waals surface area contributed by atoms with Crippen molar-refractivity contribution in [3.05, 3.63) is 102 Å². The normalized spacial score (nSPS) is 11.5. The van der Waals surface area contributed by atoms with Crippen molar-refractivity contribution in [3.63, 3.8) is 0 Å². The van der Waals surface area contributed by atoms with E-state index in [2.05, 4.69) is 5.32 Å². The fourth-order valence-corrected chi connectivity index (χ4v) is 3.38. The zero-order valence-corrected chi connectivity index (χ0v) is 17.5. The standard InChI is InChI=1S/C26H28N2O2/c1-3-26(30)28(19-22-10-6-4-7-11-22)24-16-14-21(15-17-24)18-25(29)27-20(2)23-12-8-5-9-13-23/h4-17,20H,3,18-19H2,1-2H3,(H,27,29). The van der Waals surface area contributed by atoms with E-state index < -0.39 is 0 Å². The van der Waals surface area contributed by atoms with E-state index in [9.17, 15) is 9.59 Å². The van der Waals surface area contributed by atoms with Gasteiger partial charge in [-0.15, -0.1) is 0 Å². The van der Waals surface area contributed by atoms with E-state index >= 15 is 0 Å². The number of benzene rings is 3. The van der Waals surface area contributed by atoms with Crippen LogP contribution in [-0.4, -0.2) is 11.8 Å². The Morgan fingerprint density at radius 1 is 0.833 bits per heavy atom. The second-order valence-electron chi connectivity index (χ2n) is 7.36. The first-order chi connectivity index (χ1) is 14.6. The van der Waals surface area contributed by atoms with Crippen molar-refractivity contribution < 1.29 is 9.59 Å². The monoisotopic (exact) mass is 400 g/mol. The third-order valence-electron chi connectivity index (χ3n) is 5.08. The average molecular weight is 401 g/mol. The third kappa shape index (κ3) is 5.80. The SMILES string of the molecule is CCC(=O)N(Cc1ccccc1)c1ccc(CC(=O)NC(C)c2ccccc2)cc1. The topological polar surface area (TPSA) is 49.4 Å². The number of nitrogens with one attached hydrogen (secondary N) is 1. The number of carbonyl (C=O) groups excluding carboxylic acids is 2. The summed E-state index contributed by atoms with van der Waals surface area (Å²) in [5, 5.41) is 3.04. The fourth-order valence-electron chi connectivity index (χ4n) is 3.38. The van der Waals surface area contributed by atoms with E-state index in [0.29, 0.717) is 19.4 Å². The highest BCUT2D eigenvalue weighted by atomic mass is 16.2. The lowest BCUT2D eigenvalue weighted by Gasteiger charge is -2.23. The van der Waals surface area contributed by atoms with Crippen LogP contribution >= 0.6 is 0 Å². The molecule has 0 saturated heterocycles. The van der Waals surface area contributed by atoms with E-state index in [1.807, 2.05) is 98.8 Å². The molecule has 0 saturated carbocycles. The van der Waals surface area contributed by atoms with E-state index in [0.717, 1.165) is 22.4 Å². The first-order valence-corrected chi connectivity index (χ1v) is 10.3. The van der Waals surface area contributed by atoms with Gasteiger partial charge in [0, 0.05) is 12.1 Å². The molecule has 4 heteroatoms. The largest absolute Gasteiger partial charge is 0.349 e. The van der Waals surface area contributed by atoms with E-state index in [1.54, 1.807) is 4.90 Å². The van der Waals surface area contributed by atoms with Crippen LogP contribution in [0.25, 0.3) is 0 Å². The van der Waals surface area contributed by atoms with Gasteiger partial charge >= 0.3 is 0 Å². The maximum Gasteiger partial charge on any atom is 0.227 e. The van der Waals surface area contributed by atoms with Crippen LogP contribution in [0.3, 0.4) is 0 Å². The molecular formula is C26H28N2O2. The number of hydrogen-bond acceptors (Lipinski definition) is 2. The second-order valence-corrected chi connectivity index (χ2v) is 7.36. The lowest BCUT2D eigenvalue weighted by molar-refractivity contribution is -0.121. The molecule has 1 N–H and O–H groups in total. The minimum absolute atomic E-state index is 0.0233. The molecule has 30 heavy (non-hydrogen) atoms. The highest BCUT2D eigenvalue weighted by Crippen LogP contribution is 2.20. The van der Waals surface area contributed by atoms with Crippen LogP contribution in [0.5, 0.6) is 0 Å². The third-order valence-corrected chi connectivity index (χ3v) is 5.08. The van der Waals surface area contributed by atoms with Crippen LogP contribution < -0.4 is 10.2 Å². The van der Waals surface area contributed by atoms with Gasteiger partial charge in [0.05, 0.1) is 19.0 Å². The van der Waals surface area contributed by atoms with Crippen molar-refractivity contribution in [2.45, 2.75) is 39.3 Å². The minimum Gasteiger partial charge on any atom is -0.349 e. The molecule has 0 bridgehead atoms. The van der Waals surface area contributed by atoms with Crippen molar-refractivity contribution in [1.82, 2.24) is 5.32 Å². The summed E-state index contributed by atoms with van der Waals surface area (Å²) < 4.78 is 0. The highest BCUT2D eigenvalue weighted by Gasteiger charge is 2.15. The summed E-state index contributed by atoms with van der Waals surface area (Å²) in [6, 6.07) is 27.5. The summed E-state index contributed by atoms with van der Waals surface area (Å²) in [6.07, 6.45) is 0.742. The lowest BCUT2D eigenvalue weighted by atomic mass is 10.1. The summed E-state index contributed by atoms with van der Waals surface area (Å²) in [6.45, 7) is 4.38. The van der Waals surface area contributed by atoms with Crippen LogP contribution in [0.1, 0.15) is 43.0 Å². The summed E-state index contributed by atoms with van der Waals surface area (Å²) in [7, 11) is 0. The van der Waals surface area contributed by atoms with Gasteiger partial charge in [-0.25, -0.2) is 0 Å². The number of nitrogens with zero attached hydrogens (tertiary/aromatic N) is 1. The first kappa shape index (κ1) is 21.3. The summed E-state index contributed by atoms with van der Waals surface area (Å²) in [4.78, 5) is 26.7. The number of rotatable bonds is 8. The smallest absolute Gasteiger partial charge is 0.227 e. The Kier molecular flexibility index (Phi) is 7.39. The Bertz CT molecular complexity index is 953. The van der Waals surface area contributed by atoms with E-state index in [1.165, 1.54) is 0 Å². The van der Waals surface area contributed by atoms with Crippen molar-refractivity contribution in [1.29, 1.82) is 0 Å². The maximum absolute atomic E-state index is 12.5. The van der Waals surface area contributed by atoms with Crippen LogP contribution in [0, 0.1) is 0 Å². The van der Waals surface area contributed by atoms with Gasteiger partial charge in [0.1, 0.15) is 0 Å². The van der Waals surface area contributed by atoms with Crippen molar-refractivity contribution >= 4 is 17.5 Å². The predicted molar refractivity (Wildman–Crippen MR) is 121 cm³/mol. The molecule has 0 fully saturated rings. The van der Waals surface area contributed by atoms with Gasteiger partial charge in [-0.1, -0.05) is 79.7 Å². The molecule has 0 aliphatic rings. The van der Waals surface area contributed by atoms with Crippen LogP contribution in [0.4, 0.5) is 5.69 Å². The Hall–Kier alpha value is -3.40. The number of hydrogen-bond donors (Lipinski definition) is 1. The molecule has 4 nitrogen and oxygen atoms in total. The summed E-state index contributed by atoms with van der Waals surface area (Å²) in [5.41, 5.74) is 3.92. The van der Waals surface area contributed by atoms with Gasteiger partial charge in [0.25, 0.3) is 0 Å². The zero-order chi connectivity index (χ0) is 21.3. The van der Waals surface area contributed by atoms with Gasteiger partial charge in [-0.05, 0) is 35.7 Å². The average Bonchev–Trinajstić information content (AvgIpc) is 2.79. The quantitative estimate of drug-likeness (QED) is 0.575. The Morgan fingerprint density at radius 2 is 1.43 bits per heavy atom. The van der Waals surface area contributed by atoms with Gasteiger partial charge in [0.15, 0.2) is 0 Å². The second kappa shape index (κ2) is 10.4. The predicted octanol–water partition coefficient (Wildman–Crippen LogP) is 5.05. The fraction of sp³-hybridized carbons (Fsp3) is 0.231. The van der Waals surface area contributed by atoms with Crippen molar-refractivity contribution in [2.24, 2.45) is 0 Å². The molecule has 0 spiro atoms. The Balaban J connectivity index is 1.65. The lowest BCUT2D eigenvalue weighted by Crippen LogP contribution is -2.30. The maximum atomic E-state index is 12.5. The van der Waals surface area contributed by atoms with E-state index in [-0.39, 0.29) is 17.9 Å². The molecule has 1 atom stereocenters. The molecule has 0 radical (unpaired) electrons. The molecular weight excluding hydrogens is 372 g/mol. The van der Waals surface area contributed by atoms with Crippen molar-refractivity contribution in [3.8, 4) is 0 Å². The van der Waals surface area contributed by atoms with Gasteiger partial charge in [-0.2, -0.15) is 0 Å². The van der Waals surface area contributed by atoms with E-state index in [4.69, 9.17) is 0 Å². The number of carbonyl (C=O) groups is 2. The highest BCUT2D eigenvalue weighted by molar-refractivity contribution is 5.93.